The Hall–Kier alpha value is -1.65. The van der Waals surface area contributed by atoms with Crippen LogP contribution in [0.1, 0.15) is 0 Å². The number of carbonyl (C=O) groups excluding carboxylic acids is 1. The van der Waals surface area contributed by atoms with E-state index >= 15 is 0 Å². The van der Waals surface area contributed by atoms with Crippen molar-refractivity contribution in [2.45, 2.75) is 0 Å². The monoisotopic (exact) mass is 293 g/mol. The Morgan fingerprint density at radius 3 is 2.63 bits per heavy atom. The van der Waals surface area contributed by atoms with E-state index in [-0.39, 0.29) is 11.7 Å². The maximum Gasteiger partial charge on any atom is 0.234 e. The summed E-state index contributed by atoms with van der Waals surface area (Å²) < 4.78 is 5.71. The third kappa shape index (κ3) is 3.91. The Morgan fingerprint density at radius 1 is 1.21 bits per heavy atom. The maximum atomic E-state index is 11.4. The third-order valence-corrected chi connectivity index (χ3v) is 2.85. The van der Waals surface area contributed by atoms with Crippen LogP contribution < -0.4 is 10.1 Å². The lowest BCUT2D eigenvalue weighted by atomic mass is 10.3. The number of hydrogen-bond acceptors (Lipinski definition) is 3. The zero-order chi connectivity index (χ0) is 13.7. The van der Waals surface area contributed by atoms with Gasteiger partial charge in [-0.1, -0.05) is 29.8 Å². The van der Waals surface area contributed by atoms with Crippen LogP contribution in [-0.2, 0) is 4.79 Å². The molecule has 5 heteroatoms. The molecule has 0 aliphatic carbocycles. The van der Waals surface area contributed by atoms with E-state index in [4.69, 9.17) is 16.3 Å². The van der Waals surface area contributed by atoms with Gasteiger partial charge in [0, 0.05) is 5.02 Å². The van der Waals surface area contributed by atoms with Gasteiger partial charge in [0.15, 0.2) is 5.75 Å². The fourth-order valence-electron chi connectivity index (χ4n) is 1.49. The SMILES string of the molecule is O=C(CS)Nc1cc(Cl)ccc1Oc1ccccc1. The predicted molar refractivity (Wildman–Crippen MR) is 80.5 cm³/mol. The first-order valence-electron chi connectivity index (χ1n) is 5.62. The highest BCUT2D eigenvalue weighted by molar-refractivity contribution is 7.81. The Balaban J connectivity index is 2.26. The highest BCUT2D eigenvalue weighted by Crippen LogP contribution is 2.31. The van der Waals surface area contributed by atoms with Crippen molar-refractivity contribution in [1.29, 1.82) is 0 Å². The molecule has 3 nitrogen and oxygen atoms in total. The van der Waals surface area contributed by atoms with Crippen molar-refractivity contribution in [3.8, 4) is 11.5 Å². The van der Waals surface area contributed by atoms with Crippen LogP contribution in [0.25, 0.3) is 0 Å². The van der Waals surface area contributed by atoms with Crippen LogP contribution in [0.3, 0.4) is 0 Å². The normalized spacial score (nSPS) is 10.0. The Labute approximate surface area is 122 Å². The van der Waals surface area contributed by atoms with E-state index in [0.29, 0.717) is 22.2 Å². The largest absolute Gasteiger partial charge is 0.455 e. The van der Waals surface area contributed by atoms with E-state index in [1.165, 1.54) is 0 Å². The number of ether oxygens (including phenoxy) is 1. The second kappa shape index (κ2) is 6.50. The zero-order valence-corrected chi connectivity index (χ0v) is 11.6. The molecule has 0 atom stereocenters. The van der Waals surface area contributed by atoms with Gasteiger partial charge in [-0.15, -0.1) is 0 Å². The first kappa shape index (κ1) is 13.8. The molecule has 0 aliphatic heterocycles. The molecule has 1 amide bonds. The number of halogens is 1. The molecule has 2 aromatic carbocycles. The van der Waals surface area contributed by atoms with Gasteiger partial charge < -0.3 is 10.1 Å². The molecule has 0 fully saturated rings. The number of nitrogens with one attached hydrogen (secondary N) is 1. The van der Waals surface area contributed by atoms with Crippen molar-refractivity contribution in [2.75, 3.05) is 11.1 Å². The summed E-state index contributed by atoms with van der Waals surface area (Å²) in [4.78, 5) is 11.4. The highest BCUT2D eigenvalue weighted by Gasteiger charge is 2.08. The van der Waals surface area contributed by atoms with Crippen molar-refractivity contribution in [1.82, 2.24) is 0 Å². The third-order valence-electron chi connectivity index (χ3n) is 2.33. The minimum atomic E-state index is -0.219. The topological polar surface area (TPSA) is 38.3 Å². The zero-order valence-electron chi connectivity index (χ0n) is 9.97. The molecule has 2 aromatic rings. The average Bonchev–Trinajstić information content (AvgIpc) is 2.43. The molecular formula is C14H12ClNO2S. The summed E-state index contributed by atoms with van der Waals surface area (Å²) in [6, 6.07) is 14.4. The number of rotatable bonds is 4. The summed E-state index contributed by atoms with van der Waals surface area (Å²) in [6.07, 6.45) is 0. The van der Waals surface area contributed by atoms with Crippen LogP contribution in [0.5, 0.6) is 11.5 Å². The second-order valence-electron chi connectivity index (χ2n) is 3.76. The van der Waals surface area contributed by atoms with E-state index in [0.717, 1.165) is 0 Å². The van der Waals surface area contributed by atoms with Gasteiger partial charge in [-0.05, 0) is 30.3 Å². The van der Waals surface area contributed by atoms with Gasteiger partial charge in [-0.2, -0.15) is 12.6 Å². The van der Waals surface area contributed by atoms with Gasteiger partial charge in [-0.25, -0.2) is 0 Å². The van der Waals surface area contributed by atoms with E-state index in [1.807, 2.05) is 30.3 Å². The van der Waals surface area contributed by atoms with E-state index < -0.39 is 0 Å². The standard InChI is InChI=1S/C14H12ClNO2S/c15-10-6-7-13(12(8-10)16-14(17)9-19)18-11-4-2-1-3-5-11/h1-8,19H,9H2,(H,16,17). The van der Waals surface area contributed by atoms with Crippen molar-refractivity contribution in [3.63, 3.8) is 0 Å². The summed E-state index contributed by atoms with van der Waals surface area (Å²) in [6.45, 7) is 0. The molecule has 0 bridgehead atoms. The lowest BCUT2D eigenvalue weighted by Gasteiger charge is -2.12. The molecule has 0 aromatic heterocycles. The molecule has 0 saturated carbocycles. The Morgan fingerprint density at radius 2 is 1.95 bits per heavy atom. The van der Waals surface area contributed by atoms with Crippen molar-refractivity contribution in [2.24, 2.45) is 0 Å². The number of anilines is 1. The summed E-state index contributed by atoms with van der Waals surface area (Å²) in [7, 11) is 0. The summed E-state index contributed by atoms with van der Waals surface area (Å²) >= 11 is 9.84. The molecule has 1 N–H and O–H groups in total. The minimum absolute atomic E-state index is 0.0945. The molecule has 19 heavy (non-hydrogen) atoms. The highest BCUT2D eigenvalue weighted by atomic mass is 35.5. The smallest absolute Gasteiger partial charge is 0.234 e. The summed E-state index contributed by atoms with van der Waals surface area (Å²) in [5, 5.41) is 3.22. The molecular weight excluding hydrogens is 282 g/mol. The lowest BCUT2D eigenvalue weighted by molar-refractivity contribution is -0.113. The molecule has 0 aliphatic rings. The van der Waals surface area contributed by atoms with Crippen molar-refractivity contribution < 1.29 is 9.53 Å². The second-order valence-corrected chi connectivity index (χ2v) is 4.51. The van der Waals surface area contributed by atoms with Gasteiger partial charge in [-0.3, -0.25) is 4.79 Å². The minimum Gasteiger partial charge on any atom is -0.455 e. The van der Waals surface area contributed by atoms with Crippen LogP contribution in [0.15, 0.2) is 48.5 Å². The van der Waals surface area contributed by atoms with E-state index in [2.05, 4.69) is 17.9 Å². The number of thiol groups is 1. The van der Waals surface area contributed by atoms with Crippen molar-refractivity contribution >= 4 is 35.8 Å². The van der Waals surface area contributed by atoms with Gasteiger partial charge >= 0.3 is 0 Å². The van der Waals surface area contributed by atoms with Crippen LogP contribution in [0.4, 0.5) is 5.69 Å². The number of amides is 1. The number of para-hydroxylation sites is 1. The molecule has 0 saturated heterocycles. The predicted octanol–water partition coefficient (Wildman–Crippen LogP) is 4.00. The summed E-state index contributed by atoms with van der Waals surface area (Å²) in [5.41, 5.74) is 0.524. The Kier molecular flexibility index (Phi) is 4.71. The number of hydrogen-bond donors (Lipinski definition) is 2. The lowest BCUT2D eigenvalue weighted by Crippen LogP contribution is -2.13. The molecule has 0 spiro atoms. The number of carbonyl (C=O) groups is 1. The van der Waals surface area contributed by atoms with Crippen LogP contribution in [-0.4, -0.2) is 11.7 Å². The Bertz CT molecular complexity index is 575. The van der Waals surface area contributed by atoms with Crippen molar-refractivity contribution in [3.05, 3.63) is 53.6 Å². The van der Waals surface area contributed by atoms with Crippen LogP contribution in [0.2, 0.25) is 5.02 Å². The van der Waals surface area contributed by atoms with Gasteiger partial charge in [0.1, 0.15) is 5.75 Å². The summed E-state index contributed by atoms with van der Waals surface area (Å²) in [5.74, 6) is 1.09. The number of benzene rings is 2. The van der Waals surface area contributed by atoms with E-state index in [9.17, 15) is 4.79 Å². The van der Waals surface area contributed by atoms with Gasteiger partial charge in [0.2, 0.25) is 5.91 Å². The average molecular weight is 294 g/mol. The van der Waals surface area contributed by atoms with E-state index in [1.54, 1.807) is 18.2 Å². The fourth-order valence-corrected chi connectivity index (χ4v) is 1.75. The van der Waals surface area contributed by atoms with Crippen LogP contribution in [0, 0.1) is 0 Å². The molecule has 0 heterocycles. The van der Waals surface area contributed by atoms with Gasteiger partial charge in [0.25, 0.3) is 0 Å². The molecule has 0 unspecified atom stereocenters. The molecule has 2 rings (SSSR count). The first-order chi connectivity index (χ1) is 9.19. The molecule has 98 valence electrons. The fraction of sp³-hybridized carbons (Fsp3) is 0.0714. The first-order valence-corrected chi connectivity index (χ1v) is 6.63. The van der Waals surface area contributed by atoms with Crippen LogP contribution >= 0.6 is 24.2 Å². The maximum absolute atomic E-state index is 11.4. The van der Waals surface area contributed by atoms with Gasteiger partial charge in [0.05, 0.1) is 11.4 Å². The molecule has 0 radical (unpaired) electrons. The quantitative estimate of drug-likeness (QED) is 0.836.